The van der Waals surface area contributed by atoms with E-state index < -0.39 is 28.3 Å². The van der Waals surface area contributed by atoms with Gasteiger partial charge in [0.05, 0.1) is 29.3 Å². The van der Waals surface area contributed by atoms with Gasteiger partial charge in [0, 0.05) is 25.7 Å². The summed E-state index contributed by atoms with van der Waals surface area (Å²) in [5.74, 6) is 0.163. The molecule has 3 aliphatic rings. The molecule has 2 aromatic rings. The third-order valence-corrected chi connectivity index (χ3v) is 8.91. The number of nitriles is 1. The molecular weight excluding hydrogens is 494 g/mol. The highest BCUT2D eigenvalue weighted by Gasteiger charge is 2.51. The number of nitrogens with zero attached hydrogens (tertiary/aromatic N) is 4. The number of benzene rings is 1. The third kappa shape index (κ3) is 5.62. The van der Waals surface area contributed by atoms with Gasteiger partial charge in [-0.3, -0.25) is 9.52 Å². The number of fused-ring (bicyclic) bond motifs is 7. The van der Waals surface area contributed by atoms with Crippen LogP contribution in [-0.4, -0.2) is 61.4 Å². The summed E-state index contributed by atoms with van der Waals surface area (Å²) in [6.45, 7) is 1.76. The van der Waals surface area contributed by atoms with Gasteiger partial charge >= 0.3 is 0 Å². The second kappa shape index (κ2) is 10.1. The number of amides is 1. The Kier molecular flexibility index (Phi) is 6.92. The minimum absolute atomic E-state index is 0.140. The number of carbonyl (C=O) groups is 1. The Morgan fingerprint density at radius 1 is 1.22 bits per heavy atom. The molecular formula is C25H31N7O4S. The van der Waals surface area contributed by atoms with Crippen LogP contribution in [0.5, 0.6) is 0 Å². The Labute approximate surface area is 216 Å². The zero-order valence-corrected chi connectivity index (χ0v) is 21.4. The molecule has 1 spiro atoms. The maximum atomic E-state index is 13.5. The highest BCUT2D eigenvalue weighted by molar-refractivity contribution is 7.92. The van der Waals surface area contributed by atoms with Gasteiger partial charge in [0.2, 0.25) is 16.0 Å². The fourth-order valence-corrected chi connectivity index (χ4v) is 6.32. The highest BCUT2D eigenvalue weighted by atomic mass is 32.2. The first-order valence-electron chi connectivity index (χ1n) is 12.7. The van der Waals surface area contributed by atoms with E-state index in [1.807, 2.05) is 6.07 Å². The second-order valence-electron chi connectivity index (χ2n) is 10.1. The van der Waals surface area contributed by atoms with Crippen molar-refractivity contribution in [2.75, 3.05) is 52.2 Å². The van der Waals surface area contributed by atoms with Crippen LogP contribution in [0.4, 0.5) is 23.1 Å². The fourth-order valence-electron chi connectivity index (χ4n) is 5.49. The predicted molar refractivity (Wildman–Crippen MR) is 140 cm³/mol. The summed E-state index contributed by atoms with van der Waals surface area (Å²) in [5, 5.41) is 24.5. The van der Waals surface area contributed by atoms with Crippen molar-refractivity contribution in [1.82, 2.24) is 9.97 Å². The number of carbonyl (C=O) groups excluding carboxylic acids is 1. The summed E-state index contributed by atoms with van der Waals surface area (Å²) in [4.78, 5) is 24.2. The number of rotatable bonds is 4. The van der Waals surface area contributed by atoms with Gasteiger partial charge in [-0.05, 0) is 61.6 Å². The lowest BCUT2D eigenvalue weighted by Crippen LogP contribution is -2.42. The average Bonchev–Trinajstić information content (AvgIpc) is 3.64. The normalized spacial score (nSPS) is 20.9. The lowest BCUT2D eigenvalue weighted by molar-refractivity contribution is 0.102. The van der Waals surface area contributed by atoms with Gasteiger partial charge in [-0.2, -0.15) is 10.2 Å². The monoisotopic (exact) mass is 525 g/mol. The molecule has 4 bridgehead atoms. The fraction of sp³-hybridized carbons (Fsp3) is 0.520. The minimum atomic E-state index is -3.72. The van der Waals surface area contributed by atoms with Gasteiger partial charge in [0.1, 0.15) is 17.6 Å². The van der Waals surface area contributed by atoms with Crippen molar-refractivity contribution in [3.63, 3.8) is 0 Å². The van der Waals surface area contributed by atoms with Gasteiger partial charge in [0.25, 0.3) is 5.91 Å². The number of anilines is 4. The van der Waals surface area contributed by atoms with Crippen LogP contribution in [-0.2, 0) is 10.0 Å². The molecule has 196 valence electrons. The summed E-state index contributed by atoms with van der Waals surface area (Å²) in [6.07, 6.45) is 6.52. The number of aromatic nitrogens is 2. The molecule has 2 fully saturated rings. The summed E-state index contributed by atoms with van der Waals surface area (Å²) >= 11 is 0. The van der Waals surface area contributed by atoms with Crippen molar-refractivity contribution in [3.05, 3.63) is 35.5 Å². The topological polar surface area (TPSA) is 160 Å². The number of sulfonamides is 1. The largest absolute Gasteiger partial charge is 0.395 e. The maximum absolute atomic E-state index is 13.5. The number of hydrogen-bond acceptors (Lipinski definition) is 9. The molecule has 0 radical (unpaired) electrons. The van der Waals surface area contributed by atoms with E-state index in [4.69, 9.17) is 5.11 Å². The number of aliphatic hydroxyl groups is 1. The van der Waals surface area contributed by atoms with E-state index in [0.29, 0.717) is 40.8 Å². The predicted octanol–water partition coefficient (Wildman–Crippen LogP) is 2.54. The summed E-state index contributed by atoms with van der Waals surface area (Å²) in [6, 6.07) is 8.26. The molecule has 0 unspecified atom stereocenters. The molecule has 12 heteroatoms. The molecule has 5 rings (SSSR count). The Morgan fingerprint density at radius 3 is 2.81 bits per heavy atom. The van der Waals surface area contributed by atoms with Gasteiger partial charge in [-0.25, -0.2) is 13.4 Å². The molecule has 3 heterocycles. The molecule has 37 heavy (non-hydrogen) atoms. The second-order valence-corrected chi connectivity index (χ2v) is 11.9. The smallest absolute Gasteiger partial charge is 0.258 e. The molecule has 1 aromatic carbocycles. The molecule has 11 nitrogen and oxygen atoms in total. The van der Waals surface area contributed by atoms with Crippen molar-refractivity contribution in [1.29, 1.82) is 5.26 Å². The van der Waals surface area contributed by atoms with E-state index in [-0.39, 0.29) is 11.5 Å². The highest BCUT2D eigenvalue weighted by Crippen LogP contribution is 2.58. The Hall–Kier alpha value is -3.43. The number of hydrogen-bond donors (Lipinski definition) is 4. The summed E-state index contributed by atoms with van der Waals surface area (Å²) < 4.78 is 27.1. The Balaban J connectivity index is 1.53. The summed E-state index contributed by atoms with van der Waals surface area (Å²) in [7, 11) is -3.72. The number of nitrogens with one attached hydrogen (secondary N) is 3. The van der Waals surface area contributed by atoms with Crippen LogP contribution >= 0.6 is 0 Å². The minimum Gasteiger partial charge on any atom is -0.395 e. The van der Waals surface area contributed by atoms with Gasteiger partial charge in [-0.15, -0.1) is 0 Å². The molecule has 4 N–H and O–H groups in total. The van der Waals surface area contributed by atoms with Crippen LogP contribution in [0.2, 0.25) is 0 Å². The zero-order valence-electron chi connectivity index (χ0n) is 20.5. The molecule has 1 aliphatic carbocycles. The molecule has 1 amide bonds. The molecule has 2 aliphatic heterocycles. The summed E-state index contributed by atoms with van der Waals surface area (Å²) in [5.41, 5.74) is 1.88. The Morgan fingerprint density at radius 2 is 2.05 bits per heavy atom. The van der Waals surface area contributed by atoms with Crippen molar-refractivity contribution in [2.45, 2.75) is 38.5 Å². The number of piperidine rings is 1. The van der Waals surface area contributed by atoms with E-state index in [2.05, 4.69) is 30.2 Å². The van der Waals surface area contributed by atoms with Crippen LogP contribution in [0.25, 0.3) is 0 Å². The first-order valence-corrected chi connectivity index (χ1v) is 14.3. The van der Waals surface area contributed by atoms with E-state index >= 15 is 0 Å². The van der Waals surface area contributed by atoms with Crippen molar-refractivity contribution >= 4 is 39.1 Å². The van der Waals surface area contributed by atoms with Gasteiger partial charge < -0.3 is 20.6 Å². The van der Waals surface area contributed by atoms with Crippen LogP contribution in [0.3, 0.4) is 0 Å². The maximum Gasteiger partial charge on any atom is 0.258 e. The third-order valence-electron chi connectivity index (χ3n) is 7.64. The SMILES string of the molecule is N#Cc1cc2nc(n1)NCCCC[C@@H]1CN(CCC13CC3)c1cc(NS(=O)(=O)CCO)ccc1C(=O)N2. The molecule has 1 aromatic heterocycles. The van der Waals surface area contributed by atoms with E-state index in [9.17, 15) is 18.5 Å². The van der Waals surface area contributed by atoms with Gasteiger partial charge in [0.15, 0.2) is 0 Å². The quantitative estimate of drug-likeness (QED) is 0.470. The zero-order chi connectivity index (χ0) is 26.0. The van der Waals surface area contributed by atoms with Crippen LogP contribution in [0.15, 0.2) is 24.3 Å². The van der Waals surface area contributed by atoms with Crippen molar-refractivity contribution < 1.29 is 18.3 Å². The first-order chi connectivity index (χ1) is 17.8. The molecule has 1 saturated carbocycles. The Bertz CT molecular complexity index is 1340. The van der Waals surface area contributed by atoms with Crippen molar-refractivity contribution in [2.24, 2.45) is 11.3 Å². The van der Waals surface area contributed by atoms with Crippen LogP contribution < -0.4 is 20.3 Å². The average molecular weight is 526 g/mol. The lowest BCUT2D eigenvalue weighted by Gasteiger charge is -2.41. The van der Waals surface area contributed by atoms with E-state index in [1.54, 1.807) is 18.2 Å². The van der Waals surface area contributed by atoms with Crippen LogP contribution in [0, 0.1) is 22.7 Å². The molecule has 1 saturated heterocycles. The van der Waals surface area contributed by atoms with Gasteiger partial charge in [-0.1, -0.05) is 6.42 Å². The van der Waals surface area contributed by atoms with Crippen molar-refractivity contribution in [3.8, 4) is 6.07 Å². The van der Waals surface area contributed by atoms with E-state index in [0.717, 1.165) is 38.8 Å². The van der Waals surface area contributed by atoms with Crippen LogP contribution in [0.1, 0.15) is 54.6 Å². The lowest BCUT2D eigenvalue weighted by atomic mass is 9.79. The molecule has 1 atom stereocenters. The first kappa shape index (κ1) is 25.2. The number of aliphatic hydroxyl groups excluding tert-OH is 1. The van der Waals surface area contributed by atoms with E-state index in [1.165, 1.54) is 18.9 Å². The standard InChI is InChI=1S/C25H31N7O4S/c26-15-19-14-22-29-23(34)20-5-4-18(31-37(35,36)12-11-33)13-21(20)32-10-8-25(6-7-25)17(16-32)3-1-2-9-27-24(28-19)30-22/h4-5,13-14,17,31,33H,1-3,6-12,16H2,(H2,27,28,29,30,34)/t17-/m1/s1.